The number of nitrogens with zero attached hydrogens (tertiary/aromatic N) is 1. The third-order valence-corrected chi connectivity index (χ3v) is 4.19. The summed E-state index contributed by atoms with van der Waals surface area (Å²) in [5, 5.41) is 12.3. The minimum Gasteiger partial charge on any atom is -0.480 e. The van der Waals surface area contributed by atoms with E-state index in [1.54, 1.807) is 0 Å². The number of piperidine rings is 1. The van der Waals surface area contributed by atoms with E-state index < -0.39 is 5.97 Å². The minimum absolute atomic E-state index is 0.0426. The van der Waals surface area contributed by atoms with Crippen molar-refractivity contribution in [3.05, 3.63) is 0 Å². The van der Waals surface area contributed by atoms with Gasteiger partial charge < -0.3 is 15.3 Å². The zero-order chi connectivity index (χ0) is 14.0. The number of hydrogen-bond acceptors (Lipinski definition) is 3. The van der Waals surface area contributed by atoms with Gasteiger partial charge in [-0.3, -0.25) is 9.59 Å². The van der Waals surface area contributed by atoms with Crippen LogP contribution < -0.4 is 5.32 Å². The first kappa shape index (κ1) is 14.3. The molecule has 1 atom stereocenters. The van der Waals surface area contributed by atoms with Gasteiger partial charge >= 0.3 is 5.97 Å². The monoisotopic (exact) mass is 268 g/mol. The van der Waals surface area contributed by atoms with Crippen LogP contribution in [-0.2, 0) is 9.59 Å². The molecule has 1 saturated carbocycles. The van der Waals surface area contributed by atoms with Crippen LogP contribution in [0.15, 0.2) is 0 Å². The van der Waals surface area contributed by atoms with Crippen LogP contribution in [0.25, 0.3) is 0 Å². The second-order valence-electron chi connectivity index (χ2n) is 6.54. The normalized spacial score (nSPS) is 25.9. The van der Waals surface area contributed by atoms with Crippen molar-refractivity contribution in [3.8, 4) is 0 Å². The molecule has 2 aliphatic rings. The van der Waals surface area contributed by atoms with Gasteiger partial charge in [0, 0.05) is 6.54 Å². The molecule has 0 radical (unpaired) electrons. The van der Waals surface area contributed by atoms with Crippen LogP contribution in [-0.4, -0.2) is 47.6 Å². The molecule has 0 aromatic heterocycles. The van der Waals surface area contributed by atoms with E-state index in [1.807, 2.05) is 0 Å². The van der Waals surface area contributed by atoms with Crippen LogP contribution in [0, 0.1) is 11.3 Å². The molecule has 19 heavy (non-hydrogen) atoms. The van der Waals surface area contributed by atoms with Crippen LogP contribution in [0.4, 0.5) is 0 Å². The second kappa shape index (κ2) is 5.49. The highest BCUT2D eigenvalue weighted by atomic mass is 16.4. The van der Waals surface area contributed by atoms with Crippen LogP contribution in [0.2, 0.25) is 0 Å². The molecule has 0 bridgehead atoms. The number of carboxylic acid groups (broad SMARTS) is 1. The molecule has 1 amide bonds. The quantitative estimate of drug-likeness (QED) is 0.783. The van der Waals surface area contributed by atoms with Gasteiger partial charge in [0.2, 0.25) is 5.91 Å². The fourth-order valence-corrected chi connectivity index (χ4v) is 2.82. The fraction of sp³-hybridized carbons (Fsp3) is 0.857. The van der Waals surface area contributed by atoms with Gasteiger partial charge in [-0.15, -0.1) is 0 Å². The summed E-state index contributed by atoms with van der Waals surface area (Å²) in [5.74, 6) is -0.461. The van der Waals surface area contributed by atoms with E-state index in [0.717, 1.165) is 32.2 Å². The topological polar surface area (TPSA) is 69.6 Å². The van der Waals surface area contributed by atoms with Crippen molar-refractivity contribution < 1.29 is 14.7 Å². The second-order valence-corrected chi connectivity index (χ2v) is 6.54. The van der Waals surface area contributed by atoms with E-state index in [-0.39, 0.29) is 23.9 Å². The molecule has 2 fully saturated rings. The predicted octanol–water partition coefficient (Wildman–Crippen LogP) is 1.09. The average molecular weight is 268 g/mol. The summed E-state index contributed by atoms with van der Waals surface area (Å²) in [6, 6.07) is -0.251. The van der Waals surface area contributed by atoms with Gasteiger partial charge in [0.1, 0.15) is 6.54 Å². The number of hydrogen-bond donors (Lipinski definition) is 2. The SMILES string of the molecule is CC1(C)CCCNC1C(=O)N(CC(=O)O)CC1CC1. The number of carbonyl (C=O) groups is 2. The molecule has 0 aromatic rings. The molecular formula is C14H24N2O3. The lowest BCUT2D eigenvalue weighted by Crippen LogP contribution is -2.57. The number of nitrogens with one attached hydrogen (secondary N) is 1. The smallest absolute Gasteiger partial charge is 0.323 e. The molecule has 1 aliphatic carbocycles. The Balaban J connectivity index is 2.05. The zero-order valence-electron chi connectivity index (χ0n) is 11.8. The summed E-state index contributed by atoms with van der Waals surface area (Å²) in [7, 11) is 0. The first-order valence-electron chi connectivity index (χ1n) is 7.14. The Kier molecular flexibility index (Phi) is 4.13. The summed E-state index contributed by atoms with van der Waals surface area (Å²) in [6.07, 6.45) is 4.30. The number of carbonyl (C=O) groups excluding carboxylic acids is 1. The van der Waals surface area contributed by atoms with Gasteiger partial charge in [0.15, 0.2) is 0 Å². The van der Waals surface area contributed by atoms with Crippen molar-refractivity contribution >= 4 is 11.9 Å². The molecule has 1 heterocycles. The molecule has 2 rings (SSSR count). The summed E-state index contributed by atoms with van der Waals surface area (Å²) in [4.78, 5) is 25.1. The van der Waals surface area contributed by atoms with E-state index in [9.17, 15) is 9.59 Å². The van der Waals surface area contributed by atoms with E-state index in [2.05, 4.69) is 19.2 Å². The fourth-order valence-electron chi connectivity index (χ4n) is 2.82. The molecule has 108 valence electrons. The minimum atomic E-state index is -0.928. The van der Waals surface area contributed by atoms with Crippen molar-refractivity contribution in [3.63, 3.8) is 0 Å². The van der Waals surface area contributed by atoms with Gasteiger partial charge in [-0.2, -0.15) is 0 Å². The third-order valence-electron chi connectivity index (χ3n) is 4.19. The van der Waals surface area contributed by atoms with Gasteiger partial charge in [-0.1, -0.05) is 13.8 Å². The maximum absolute atomic E-state index is 12.6. The molecule has 1 aliphatic heterocycles. The van der Waals surface area contributed by atoms with Gasteiger partial charge in [0.25, 0.3) is 0 Å². The van der Waals surface area contributed by atoms with E-state index in [4.69, 9.17) is 5.11 Å². The highest BCUT2D eigenvalue weighted by molar-refractivity contribution is 5.86. The van der Waals surface area contributed by atoms with Crippen molar-refractivity contribution in [2.75, 3.05) is 19.6 Å². The zero-order valence-corrected chi connectivity index (χ0v) is 11.8. The lowest BCUT2D eigenvalue weighted by atomic mass is 9.77. The van der Waals surface area contributed by atoms with Crippen LogP contribution >= 0.6 is 0 Å². The standard InChI is InChI=1S/C14H24N2O3/c1-14(2)6-3-7-15-12(14)13(19)16(9-11(17)18)8-10-4-5-10/h10,12,15H,3-9H2,1-2H3,(H,17,18). The molecule has 1 unspecified atom stereocenters. The molecule has 0 aromatic carbocycles. The predicted molar refractivity (Wildman–Crippen MR) is 71.7 cm³/mol. The Hall–Kier alpha value is -1.10. The Morgan fingerprint density at radius 3 is 2.58 bits per heavy atom. The molecule has 1 saturated heterocycles. The average Bonchev–Trinajstić information content (AvgIpc) is 3.10. The Labute approximate surface area is 114 Å². The van der Waals surface area contributed by atoms with Gasteiger partial charge in [0.05, 0.1) is 6.04 Å². The summed E-state index contributed by atoms with van der Waals surface area (Å²) in [6.45, 7) is 5.42. The highest BCUT2D eigenvalue weighted by Crippen LogP contribution is 2.33. The lowest BCUT2D eigenvalue weighted by Gasteiger charge is -2.40. The maximum Gasteiger partial charge on any atom is 0.323 e. The largest absolute Gasteiger partial charge is 0.480 e. The number of rotatable bonds is 5. The van der Waals surface area contributed by atoms with Crippen molar-refractivity contribution in [2.45, 2.75) is 45.6 Å². The van der Waals surface area contributed by atoms with E-state index in [0.29, 0.717) is 12.5 Å². The molecule has 5 heteroatoms. The number of aliphatic carboxylic acids is 1. The molecular weight excluding hydrogens is 244 g/mol. The highest BCUT2D eigenvalue weighted by Gasteiger charge is 2.40. The molecule has 5 nitrogen and oxygen atoms in total. The van der Waals surface area contributed by atoms with E-state index in [1.165, 1.54) is 4.90 Å². The van der Waals surface area contributed by atoms with Crippen molar-refractivity contribution in [2.24, 2.45) is 11.3 Å². The summed E-state index contributed by atoms with van der Waals surface area (Å²) >= 11 is 0. The van der Waals surface area contributed by atoms with Crippen LogP contribution in [0.3, 0.4) is 0 Å². The van der Waals surface area contributed by atoms with Gasteiger partial charge in [-0.05, 0) is 43.6 Å². The Morgan fingerprint density at radius 1 is 1.37 bits per heavy atom. The summed E-state index contributed by atoms with van der Waals surface area (Å²) in [5.41, 5.74) is -0.102. The molecule has 2 N–H and O–H groups in total. The summed E-state index contributed by atoms with van der Waals surface area (Å²) < 4.78 is 0. The van der Waals surface area contributed by atoms with Gasteiger partial charge in [-0.25, -0.2) is 0 Å². The maximum atomic E-state index is 12.6. The number of carboxylic acids is 1. The first-order chi connectivity index (χ1) is 8.90. The molecule has 0 spiro atoms. The Morgan fingerprint density at radius 2 is 2.05 bits per heavy atom. The van der Waals surface area contributed by atoms with Crippen molar-refractivity contribution in [1.29, 1.82) is 0 Å². The van der Waals surface area contributed by atoms with Crippen LogP contribution in [0.1, 0.15) is 39.5 Å². The third kappa shape index (κ3) is 3.69. The lowest BCUT2D eigenvalue weighted by molar-refractivity contribution is -0.147. The Bertz CT molecular complexity index is 364. The first-order valence-corrected chi connectivity index (χ1v) is 7.14. The number of amides is 1. The van der Waals surface area contributed by atoms with Crippen molar-refractivity contribution in [1.82, 2.24) is 10.2 Å². The van der Waals surface area contributed by atoms with E-state index >= 15 is 0 Å². The van der Waals surface area contributed by atoms with Crippen LogP contribution in [0.5, 0.6) is 0 Å².